The van der Waals surface area contributed by atoms with Gasteiger partial charge in [0.2, 0.25) is 76.8 Å². The summed E-state index contributed by atoms with van der Waals surface area (Å²) in [6.45, 7) is 2.06. The molecule has 0 aliphatic rings. The summed E-state index contributed by atoms with van der Waals surface area (Å²) in [5.41, 5.74) is 25.8. The molecule has 6 aromatic rings. The van der Waals surface area contributed by atoms with Gasteiger partial charge in [-0.25, -0.2) is 0 Å². The number of para-hydroxylation sites is 2. The van der Waals surface area contributed by atoms with Gasteiger partial charge in [0.15, 0.2) is 5.96 Å². The number of guanidine groups is 1. The Bertz CT molecular complexity index is 3840. The molecular weight excluding hydrogens is 1270 g/mol. The molecule has 98 heavy (non-hydrogen) atoms. The zero-order valence-electron chi connectivity index (χ0n) is 53.9. The number of primary amides is 3. The largest absolute Gasteiger partial charge is 0.481 e. The number of carbonyl (C=O) groups is 14. The van der Waals surface area contributed by atoms with E-state index >= 15 is 0 Å². The Labute approximate surface area is 561 Å². The van der Waals surface area contributed by atoms with Crippen LogP contribution >= 0.6 is 0 Å². The molecule has 0 bridgehead atoms. The number of rotatable bonds is 36. The predicted molar refractivity (Wildman–Crippen MR) is 356 cm³/mol. The summed E-state index contributed by atoms with van der Waals surface area (Å²) < 4.78 is 0. The van der Waals surface area contributed by atoms with Crippen LogP contribution in [0.3, 0.4) is 0 Å². The second kappa shape index (κ2) is 38.2. The number of amides is 13. The normalized spacial score (nSPS) is 13.2. The maximum atomic E-state index is 14.5. The molecule has 4 aromatic carbocycles. The highest BCUT2D eigenvalue weighted by Gasteiger charge is 2.35. The monoisotopic (exact) mass is 1350 g/mol. The van der Waals surface area contributed by atoms with Crippen molar-refractivity contribution in [2.45, 2.75) is 120 Å². The highest BCUT2D eigenvalue weighted by Crippen LogP contribution is 2.21. The van der Waals surface area contributed by atoms with Crippen LogP contribution in [-0.2, 0) is 92.8 Å². The highest BCUT2D eigenvalue weighted by atomic mass is 16.4. The zero-order valence-corrected chi connectivity index (χ0v) is 53.9. The summed E-state index contributed by atoms with van der Waals surface area (Å²) >= 11 is 0. The minimum absolute atomic E-state index is 0.0347. The van der Waals surface area contributed by atoms with Crippen molar-refractivity contribution >= 4 is 111 Å². The molecule has 13 amide bonds. The van der Waals surface area contributed by atoms with E-state index in [1.165, 1.54) is 6.92 Å². The number of aromatic nitrogens is 2. The number of nitrogens with one attached hydrogen (secondary N) is 14. The van der Waals surface area contributed by atoms with Gasteiger partial charge in [0.25, 0.3) is 5.97 Å². The fraction of sp³-hybridized carbons (Fsp3) is 0.338. The first kappa shape index (κ1) is 76.5. The number of H-pyrrole nitrogens is 2. The third-order valence-electron chi connectivity index (χ3n) is 14.7. The van der Waals surface area contributed by atoms with Crippen LogP contribution in [0.4, 0.5) is 0 Å². The molecule has 0 spiro atoms. The van der Waals surface area contributed by atoms with E-state index in [1.807, 2.05) is 0 Å². The Balaban J connectivity index is 0.00000421. The maximum Gasteiger partial charge on any atom is 0.300 e. The molecule has 6 rings (SSSR count). The van der Waals surface area contributed by atoms with E-state index in [-0.39, 0.29) is 51.0 Å². The summed E-state index contributed by atoms with van der Waals surface area (Å²) in [7, 11) is 0. The minimum Gasteiger partial charge on any atom is -0.481 e. The molecule has 0 unspecified atom stereocenters. The lowest BCUT2D eigenvalue weighted by Gasteiger charge is -2.25. The van der Waals surface area contributed by atoms with Crippen molar-refractivity contribution in [3.8, 4) is 0 Å². The van der Waals surface area contributed by atoms with Crippen LogP contribution in [0.2, 0.25) is 0 Å². The molecule has 23 N–H and O–H groups in total. The number of hydrogen-bond donors (Lipinski definition) is 19. The van der Waals surface area contributed by atoms with Crippen LogP contribution in [-0.4, -0.2) is 172 Å². The Kier molecular flexibility index (Phi) is 29.9. The summed E-state index contributed by atoms with van der Waals surface area (Å²) in [4.78, 5) is 189. The first-order valence-electron chi connectivity index (χ1n) is 30.8. The van der Waals surface area contributed by atoms with Gasteiger partial charge in [-0.05, 0) is 54.2 Å². The van der Waals surface area contributed by atoms with Gasteiger partial charge < -0.3 is 96.5 Å². The van der Waals surface area contributed by atoms with Crippen molar-refractivity contribution in [3.05, 3.63) is 144 Å². The van der Waals surface area contributed by atoms with E-state index in [0.29, 0.717) is 44.1 Å². The standard InChI is InChI=1S/C63H78N18O13.C2H4O2/c1-34(74-35(2)82)56(88)79-50(29-52(65)84)62(94)80-48(27-39-31-71-43-21-12-10-19-41(39)43)61(93)81-49(28-51(64)83)58(90)73-32-53(85)75-46(25-37-16-7-4-8-17-37)57(89)72-33-54(86)76-47(26-38-30-70-42-20-11-9-18-40(38)42)60(92)77-44(22-13-23-69-63(67)68)59(91)78-45(55(66)87)24-36-14-5-3-6-15-36;1-2(3)4/h3-12,14-21,30-31,34,44-50,70-71H,13,22-29,32-33H2,1-2H3,(H2,64,83)(H2,65,84)(H2,66,87)(H,72,89)(H,73,90)(H,74,82)(H,75,85)(H,76,86)(H,77,92)(H,78,91)(H,79,88)(H,80,94)(H,81,93)(H4,67,68,69);1H3,(H,3,4)/t34-,44+,45+,46+,47-,48+,49+,50+;/m1./s1. The molecule has 522 valence electrons. The quantitative estimate of drug-likeness (QED) is 0.0104. The van der Waals surface area contributed by atoms with Gasteiger partial charge in [0.1, 0.15) is 48.3 Å². The maximum absolute atomic E-state index is 14.5. The summed E-state index contributed by atoms with van der Waals surface area (Å²) in [6, 6.07) is 19.7. The lowest BCUT2D eigenvalue weighted by Crippen LogP contribution is -2.59. The van der Waals surface area contributed by atoms with Crippen molar-refractivity contribution in [1.29, 1.82) is 5.41 Å². The average Bonchev–Trinajstić information content (AvgIpc) is 1.64. The van der Waals surface area contributed by atoms with E-state index in [1.54, 1.807) is 122 Å². The Morgan fingerprint density at radius 3 is 1.27 bits per heavy atom. The second-order valence-electron chi connectivity index (χ2n) is 22.7. The smallest absolute Gasteiger partial charge is 0.300 e. The molecule has 2 heterocycles. The van der Waals surface area contributed by atoms with Gasteiger partial charge in [-0.3, -0.25) is 72.5 Å². The molecule has 33 heteroatoms. The van der Waals surface area contributed by atoms with E-state index in [4.69, 9.17) is 38.2 Å². The lowest BCUT2D eigenvalue weighted by atomic mass is 10.0. The van der Waals surface area contributed by atoms with Crippen LogP contribution in [0.15, 0.2) is 122 Å². The predicted octanol–water partition coefficient (Wildman–Crippen LogP) is -3.34. The van der Waals surface area contributed by atoms with Crippen molar-refractivity contribution in [1.82, 2.24) is 68.5 Å². The third kappa shape index (κ3) is 26.0. The van der Waals surface area contributed by atoms with Crippen molar-refractivity contribution in [3.63, 3.8) is 0 Å². The van der Waals surface area contributed by atoms with Gasteiger partial charge in [-0.1, -0.05) is 97.1 Å². The van der Waals surface area contributed by atoms with Gasteiger partial charge in [-0.2, -0.15) is 0 Å². The fourth-order valence-corrected chi connectivity index (χ4v) is 10.0. The summed E-state index contributed by atoms with van der Waals surface area (Å²) in [6.07, 6.45) is 1.26. The molecule has 0 saturated carbocycles. The summed E-state index contributed by atoms with van der Waals surface area (Å²) in [5, 5.41) is 43.8. The van der Waals surface area contributed by atoms with E-state index in [0.717, 1.165) is 13.8 Å². The SMILES string of the molecule is CC(=O)N[C@H](C)C(=O)N[C@@H](CC(N)=O)C(=O)N[C@@H](Cc1c[nH]c2ccccc12)C(=O)N[C@@H](CC(N)=O)C(=O)NCC(=O)N[C@@H](Cc1ccccc1)C(=O)NCC(=O)N[C@H](Cc1c[nH]c2ccccc12)C(=O)N[C@@H](CCCNC(=N)N)C(=O)N[C@@H](Cc1ccccc1)C(N)=O.CC(=O)O. The van der Waals surface area contributed by atoms with Crippen molar-refractivity contribution in [2.24, 2.45) is 22.9 Å². The van der Waals surface area contributed by atoms with Gasteiger partial charge >= 0.3 is 0 Å². The molecule has 0 radical (unpaired) electrons. The summed E-state index contributed by atoms with van der Waals surface area (Å²) in [5.74, 6) is -13.2. The fourth-order valence-electron chi connectivity index (χ4n) is 10.0. The minimum atomic E-state index is -1.79. The highest BCUT2D eigenvalue weighted by molar-refractivity contribution is 6.00. The lowest BCUT2D eigenvalue weighted by molar-refractivity contribution is -0.136. The Morgan fingerprint density at radius 1 is 0.439 bits per heavy atom. The topological polar surface area (TPSA) is 551 Å². The van der Waals surface area contributed by atoms with Gasteiger partial charge in [0, 0.05) is 80.3 Å². The van der Waals surface area contributed by atoms with Crippen molar-refractivity contribution < 1.29 is 72.2 Å². The number of aromatic amines is 2. The van der Waals surface area contributed by atoms with Crippen LogP contribution in [0.25, 0.3) is 21.8 Å². The molecule has 0 aliphatic carbocycles. The van der Waals surface area contributed by atoms with Crippen LogP contribution < -0.4 is 81.4 Å². The van der Waals surface area contributed by atoms with E-state index in [2.05, 4.69) is 68.5 Å². The first-order chi connectivity index (χ1) is 46.6. The second-order valence-corrected chi connectivity index (χ2v) is 22.7. The van der Waals surface area contributed by atoms with Gasteiger partial charge in [0.05, 0.1) is 25.9 Å². The average molecular weight is 1360 g/mol. The Morgan fingerprint density at radius 2 is 0.806 bits per heavy atom. The number of carboxylic acid groups (broad SMARTS) is 1. The number of hydrogen-bond acceptors (Lipinski definition) is 15. The van der Waals surface area contributed by atoms with E-state index < -0.39 is 157 Å². The molecule has 0 fully saturated rings. The van der Waals surface area contributed by atoms with Gasteiger partial charge in [-0.15, -0.1) is 0 Å². The Hall–Kier alpha value is -12.2. The first-order valence-corrected chi connectivity index (χ1v) is 30.8. The number of carboxylic acids is 1. The molecule has 0 aliphatic heterocycles. The number of aliphatic carboxylic acids is 1. The van der Waals surface area contributed by atoms with E-state index in [9.17, 15) is 62.3 Å². The molecular formula is C65H82N18O15. The van der Waals surface area contributed by atoms with Crippen LogP contribution in [0, 0.1) is 5.41 Å². The number of nitrogens with two attached hydrogens (primary N) is 4. The molecule has 2 aromatic heterocycles. The molecule has 8 atom stereocenters. The zero-order chi connectivity index (χ0) is 72.0. The molecule has 0 saturated heterocycles. The molecule has 33 nitrogen and oxygen atoms in total. The number of benzene rings is 4. The van der Waals surface area contributed by atoms with Crippen molar-refractivity contribution in [2.75, 3.05) is 19.6 Å². The van der Waals surface area contributed by atoms with Crippen LogP contribution in [0.1, 0.15) is 68.7 Å². The number of fused-ring (bicyclic) bond motifs is 2. The third-order valence-corrected chi connectivity index (χ3v) is 14.7. The number of carbonyl (C=O) groups excluding carboxylic acids is 13. The van der Waals surface area contributed by atoms with Crippen LogP contribution in [0.5, 0.6) is 0 Å².